The van der Waals surface area contributed by atoms with Crippen molar-refractivity contribution in [2.75, 3.05) is 40.5 Å². The van der Waals surface area contributed by atoms with Crippen LogP contribution < -0.4 is 10.6 Å². The lowest BCUT2D eigenvalue weighted by atomic mass is 10.2. The summed E-state index contributed by atoms with van der Waals surface area (Å²) >= 11 is 1.68. The van der Waals surface area contributed by atoms with Crippen LogP contribution in [0.4, 0.5) is 0 Å². The maximum Gasteiger partial charge on any atom is 0.191 e. The van der Waals surface area contributed by atoms with Crippen LogP contribution in [0.25, 0.3) is 0 Å². The maximum atomic E-state index is 5.41. The van der Waals surface area contributed by atoms with Crippen molar-refractivity contribution in [3.05, 3.63) is 16.1 Å². The molecule has 6 nitrogen and oxygen atoms in total. The molecular formula is C15H29IN4O2S. The molecular weight excluding hydrogens is 427 g/mol. The van der Waals surface area contributed by atoms with Gasteiger partial charge in [-0.3, -0.25) is 4.99 Å². The Morgan fingerprint density at radius 1 is 1.30 bits per heavy atom. The summed E-state index contributed by atoms with van der Waals surface area (Å²) in [6, 6.07) is 0. The molecule has 1 aromatic heterocycles. The zero-order chi connectivity index (χ0) is 16.2. The highest BCUT2D eigenvalue weighted by Crippen LogP contribution is 2.17. The van der Waals surface area contributed by atoms with Gasteiger partial charge in [0.2, 0.25) is 0 Å². The molecule has 0 unspecified atom stereocenters. The Bertz CT molecular complexity index is 441. The molecule has 0 aliphatic carbocycles. The highest BCUT2D eigenvalue weighted by atomic mass is 127. The van der Waals surface area contributed by atoms with Gasteiger partial charge in [0.15, 0.2) is 5.96 Å². The van der Waals surface area contributed by atoms with Gasteiger partial charge in [0.05, 0.1) is 25.5 Å². The number of thiazole rings is 1. The van der Waals surface area contributed by atoms with Gasteiger partial charge in [0.25, 0.3) is 0 Å². The van der Waals surface area contributed by atoms with Crippen LogP contribution in [0, 0.1) is 0 Å². The zero-order valence-electron chi connectivity index (χ0n) is 14.4. The topological polar surface area (TPSA) is 67.8 Å². The third-order valence-electron chi connectivity index (χ3n) is 2.98. The Labute approximate surface area is 160 Å². The van der Waals surface area contributed by atoms with Crippen molar-refractivity contribution in [2.45, 2.75) is 32.7 Å². The van der Waals surface area contributed by atoms with E-state index in [4.69, 9.17) is 9.47 Å². The molecule has 0 fully saturated rings. The summed E-state index contributed by atoms with van der Waals surface area (Å²) in [5, 5.41) is 9.74. The standard InChI is InChI=1S/C15H28N4O2S.HI/c1-12(2)13-11-22-14(19-13)10-18-15(16-3)17-6-5-7-21-9-8-20-4;/h11-12H,5-10H2,1-4H3,(H2,16,17,18);1H. The average Bonchev–Trinajstić information content (AvgIpc) is 2.98. The Kier molecular flexibility index (Phi) is 13.7. The molecule has 8 heteroatoms. The Morgan fingerprint density at radius 3 is 2.70 bits per heavy atom. The van der Waals surface area contributed by atoms with E-state index >= 15 is 0 Å². The number of hydrogen-bond acceptors (Lipinski definition) is 5. The van der Waals surface area contributed by atoms with E-state index in [9.17, 15) is 0 Å². The van der Waals surface area contributed by atoms with Gasteiger partial charge in [-0.1, -0.05) is 13.8 Å². The number of aliphatic imine (C=N–C) groups is 1. The number of aromatic nitrogens is 1. The molecule has 1 rings (SSSR count). The monoisotopic (exact) mass is 456 g/mol. The molecule has 2 N–H and O–H groups in total. The van der Waals surface area contributed by atoms with Gasteiger partial charge in [-0.15, -0.1) is 35.3 Å². The first-order chi connectivity index (χ1) is 10.7. The van der Waals surface area contributed by atoms with Crippen LogP contribution in [0.3, 0.4) is 0 Å². The predicted molar refractivity (Wildman–Crippen MR) is 107 cm³/mol. The number of rotatable bonds is 10. The van der Waals surface area contributed by atoms with E-state index in [1.54, 1.807) is 25.5 Å². The first kappa shape index (κ1) is 22.6. The summed E-state index contributed by atoms with van der Waals surface area (Å²) in [7, 11) is 3.44. The van der Waals surface area contributed by atoms with Crippen LogP contribution >= 0.6 is 35.3 Å². The predicted octanol–water partition coefficient (Wildman–Crippen LogP) is 2.60. The summed E-state index contributed by atoms with van der Waals surface area (Å²) in [6.45, 7) is 7.83. The van der Waals surface area contributed by atoms with Gasteiger partial charge in [-0.2, -0.15) is 0 Å². The van der Waals surface area contributed by atoms with Crippen molar-refractivity contribution >= 4 is 41.3 Å². The fourth-order valence-corrected chi connectivity index (χ4v) is 2.57. The van der Waals surface area contributed by atoms with Crippen molar-refractivity contribution in [1.29, 1.82) is 0 Å². The Morgan fingerprint density at radius 2 is 2.09 bits per heavy atom. The van der Waals surface area contributed by atoms with Crippen molar-refractivity contribution in [3.8, 4) is 0 Å². The third kappa shape index (κ3) is 10.1. The maximum absolute atomic E-state index is 5.41. The molecule has 23 heavy (non-hydrogen) atoms. The molecule has 0 amide bonds. The normalized spacial score (nSPS) is 11.4. The van der Waals surface area contributed by atoms with E-state index in [2.05, 4.69) is 39.8 Å². The van der Waals surface area contributed by atoms with Gasteiger partial charge in [-0.25, -0.2) is 4.98 Å². The summed E-state index contributed by atoms with van der Waals surface area (Å²) in [5.41, 5.74) is 1.15. The molecule has 0 saturated carbocycles. The Hall–Kier alpha value is -0.450. The molecule has 0 saturated heterocycles. The number of ether oxygens (including phenoxy) is 2. The van der Waals surface area contributed by atoms with E-state index in [-0.39, 0.29) is 24.0 Å². The fraction of sp³-hybridized carbons (Fsp3) is 0.733. The molecule has 0 atom stereocenters. The lowest BCUT2D eigenvalue weighted by molar-refractivity contribution is 0.0698. The van der Waals surface area contributed by atoms with Crippen molar-refractivity contribution in [2.24, 2.45) is 4.99 Å². The van der Waals surface area contributed by atoms with E-state index in [1.807, 2.05) is 0 Å². The smallest absolute Gasteiger partial charge is 0.191 e. The fourth-order valence-electron chi connectivity index (χ4n) is 1.68. The van der Waals surface area contributed by atoms with E-state index in [1.165, 1.54) is 0 Å². The molecule has 1 heterocycles. The molecule has 1 aromatic rings. The average molecular weight is 456 g/mol. The van der Waals surface area contributed by atoms with Crippen molar-refractivity contribution in [3.63, 3.8) is 0 Å². The van der Waals surface area contributed by atoms with Crippen LogP contribution in [-0.2, 0) is 16.0 Å². The SMILES string of the molecule is CN=C(NCCCOCCOC)NCc1nc(C(C)C)cs1.I. The van der Waals surface area contributed by atoms with E-state index in [0.29, 0.717) is 25.7 Å². The summed E-state index contributed by atoms with van der Waals surface area (Å²) in [4.78, 5) is 8.80. The first-order valence-electron chi connectivity index (χ1n) is 7.62. The second kappa shape index (κ2) is 13.9. The highest BCUT2D eigenvalue weighted by Gasteiger charge is 2.06. The first-order valence-corrected chi connectivity index (χ1v) is 8.50. The van der Waals surface area contributed by atoms with Crippen molar-refractivity contribution < 1.29 is 9.47 Å². The Balaban J connectivity index is 0.00000484. The minimum Gasteiger partial charge on any atom is -0.382 e. The van der Waals surface area contributed by atoms with Gasteiger partial charge < -0.3 is 20.1 Å². The molecule has 0 aliphatic heterocycles. The number of halogens is 1. The number of hydrogen-bond donors (Lipinski definition) is 2. The van der Waals surface area contributed by atoms with E-state index in [0.717, 1.165) is 36.2 Å². The number of nitrogens with zero attached hydrogens (tertiary/aromatic N) is 2. The minimum absolute atomic E-state index is 0. The van der Waals surface area contributed by atoms with Crippen LogP contribution in [-0.4, -0.2) is 51.5 Å². The summed E-state index contributed by atoms with van der Waals surface area (Å²) in [5.74, 6) is 1.26. The summed E-state index contributed by atoms with van der Waals surface area (Å²) < 4.78 is 10.3. The number of methoxy groups -OCH3 is 1. The number of guanidine groups is 1. The minimum atomic E-state index is 0. The lowest BCUT2D eigenvalue weighted by Gasteiger charge is -2.11. The van der Waals surface area contributed by atoms with Crippen molar-refractivity contribution in [1.82, 2.24) is 15.6 Å². The van der Waals surface area contributed by atoms with Gasteiger partial charge >= 0.3 is 0 Å². The summed E-state index contributed by atoms with van der Waals surface area (Å²) in [6.07, 6.45) is 0.930. The largest absolute Gasteiger partial charge is 0.382 e. The molecule has 0 radical (unpaired) electrons. The number of nitrogens with one attached hydrogen (secondary N) is 2. The van der Waals surface area contributed by atoms with E-state index < -0.39 is 0 Å². The van der Waals surface area contributed by atoms with Gasteiger partial charge in [0.1, 0.15) is 5.01 Å². The molecule has 134 valence electrons. The zero-order valence-corrected chi connectivity index (χ0v) is 17.6. The third-order valence-corrected chi connectivity index (χ3v) is 3.85. The molecule has 0 aliphatic rings. The second-order valence-electron chi connectivity index (χ2n) is 5.13. The van der Waals surface area contributed by atoms with Gasteiger partial charge in [0, 0.05) is 32.7 Å². The highest BCUT2D eigenvalue weighted by molar-refractivity contribution is 14.0. The lowest BCUT2D eigenvalue weighted by Crippen LogP contribution is -2.37. The molecule has 0 bridgehead atoms. The second-order valence-corrected chi connectivity index (χ2v) is 6.07. The van der Waals surface area contributed by atoms with Crippen LogP contribution in [0.1, 0.15) is 36.9 Å². The molecule has 0 spiro atoms. The van der Waals surface area contributed by atoms with Gasteiger partial charge in [-0.05, 0) is 12.3 Å². The molecule has 0 aromatic carbocycles. The quantitative estimate of drug-likeness (QED) is 0.245. The van der Waals surface area contributed by atoms with Crippen LogP contribution in [0.15, 0.2) is 10.4 Å². The van der Waals surface area contributed by atoms with Crippen LogP contribution in [0.5, 0.6) is 0 Å². The van der Waals surface area contributed by atoms with Crippen LogP contribution in [0.2, 0.25) is 0 Å².